The van der Waals surface area contributed by atoms with Crippen molar-refractivity contribution in [1.29, 1.82) is 0 Å². The van der Waals surface area contributed by atoms with Crippen LogP contribution in [-0.4, -0.2) is 7.11 Å². The van der Waals surface area contributed by atoms with Crippen LogP contribution in [0.5, 0.6) is 5.75 Å². The monoisotopic (exact) mass is 1670 g/mol. The van der Waals surface area contributed by atoms with E-state index in [0.717, 1.165) is 11.7 Å². The molecule has 662 valence electrons. The highest BCUT2D eigenvalue weighted by Gasteiger charge is 2.33. The molecule has 126 heavy (non-hydrogen) atoms. The van der Waals surface area contributed by atoms with Crippen LogP contribution in [-0.2, 0) is 43.3 Å². The summed E-state index contributed by atoms with van der Waals surface area (Å²) >= 11 is 0. The molecular weight excluding hydrogens is 1520 g/mol. The molecule has 1 saturated carbocycles. The van der Waals surface area contributed by atoms with Crippen molar-refractivity contribution < 1.29 is 4.74 Å². The van der Waals surface area contributed by atoms with Gasteiger partial charge in [0, 0.05) is 5.39 Å². The molecule has 15 aromatic rings. The number of aryl methyl sites for hydroxylation is 8. The first-order valence-corrected chi connectivity index (χ1v) is 47.4. The maximum absolute atomic E-state index is 5.67. The van der Waals surface area contributed by atoms with Crippen LogP contribution in [0.4, 0.5) is 0 Å². The number of rotatable bonds is 6. The predicted molar refractivity (Wildman–Crippen MR) is 562 cm³/mol. The molecule has 0 bridgehead atoms. The molecule has 1 aliphatic rings. The second-order valence-electron chi connectivity index (χ2n) is 45.5. The van der Waals surface area contributed by atoms with Crippen LogP contribution in [0.25, 0.3) is 97.3 Å². The highest BCUT2D eigenvalue weighted by molar-refractivity contribution is 6.05. The van der Waals surface area contributed by atoms with E-state index in [1.54, 1.807) is 12.7 Å². The van der Waals surface area contributed by atoms with Crippen LogP contribution in [0.1, 0.15) is 319 Å². The van der Waals surface area contributed by atoms with Crippen molar-refractivity contribution in [1.82, 2.24) is 0 Å². The third-order valence-corrected chi connectivity index (χ3v) is 28.3. The summed E-state index contributed by atoms with van der Waals surface area (Å²) in [6.45, 7) is 78.3. The minimum atomic E-state index is 0.108. The minimum absolute atomic E-state index is 0.108. The summed E-state index contributed by atoms with van der Waals surface area (Å²) in [6.07, 6.45) is 7.74. The first kappa shape index (κ1) is 96.8. The SMILES string of the molecule is CCC(C)(CC)c1cc(C(C)(C)C)c(C)c2ccccc12.COc1cc(C(C)(C)C)c(C)c2cc3ccccc3cc12.Cc1c(C(C)(C)C)cc(C(C)(C)C)c2cc3ccccc3cc12.Cc1c(C(C)(C)C)cc(C2CCC(C)(C)CC2)c2ccccc12.Cc1c(C(C)(C)C)ccc2ccccc12.Cc1cccc(C)c1-c1cc(C(C)(C)C)c(C)c2ccccc12. The Morgan fingerprint density at radius 2 is 0.587 bits per heavy atom. The van der Waals surface area contributed by atoms with Gasteiger partial charge in [-0.1, -0.05) is 374 Å². The lowest BCUT2D eigenvalue weighted by Crippen LogP contribution is -2.22. The normalized spacial score (nSPS) is 13.6. The van der Waals surface area contributed by atoms with E-state index < -0.39 is 0 Å². The van der Waals surface area contributed by atoms with Gasteiger partial charge in [-0.3, -0.25) is 0 Å². The molecule has 0 aromatic heterocycles. The van der Waals surface area contributed by atoms with Gasteiger partial charge in [-0.05, 0) is 371 Å². The summed E-state index contributed by atoms with van der Waals surface area (Å²) in [6, 6.07) is 85.0. The summed E-state index contributed by atoms with van der Waals surface area (Å²) < 4.78 is 5.67. The molecule has 0 heterocycles. The summed E-state index contributed by atoms with van der Waals surface area (Å²) in [7, 11) is 1.76. The zero-order valence-corrected chi connectivity index (χ0v) is 84.7. The van der Waals surface area contributed by atoms with Crippen LogP contribution in [0.3, 0.4) is 0 Å². The number of fused-ring (bicyclic) bond motifs is 8. The summed E-state index contributed by atoms with van der Waals surface area (Å²) in [5.41, 5.74) is 29.2. The molecule has 0 aliphatic heterocycles. The third kappa shape index (κ3) is 21.1. The number of benzene rings is 15. The molecule has 0 radical (unpaired) electrons. The lowest BCUT2D eigenvalue weighted by atomic mass is 9.69. The number of hydrogen-bond donors (Lipinski definition) is 0. The molecule has 1 aliphatic carbocycles. The lowest BCUT2D eigenvalue weighted by Gasteiger charge is -2.36. The largest absolute Gasteiger partial charge is 0.496 e. The average Bonchev–Trinajstić information content (AvgIpc) is 0.758. The van der Waals surface area contributed by atoms with Crippen molar-refractivity contribution in [2.45, 2.75) is 323 Å². The number of hydrogen-bond acceptors (Lipinski definition) is 1. The molecule has 0 amide bonds. The van der Waals surface area contributed by atoms with Gasteiger partial charge in [0.05, 0.1) is 7.11 Å². The summed E-state index contributed by atoms with van der Waals surface area (Å²) in [5, 5.41) is 21.7. The second-order valence-corrected chi connectivity index (χ2v) is 45.5. The molecule has 1 fully saturated rings. The zero-order chi connectivity index (χ0) is 92.7. The van der Waals surface area contributed by atoms with E-state index in [4.69, 9.17) is 4.74 Å². The molecule has 0 spiro atoms. The average molecular weight is 1670 g/mol. The van der Waals surface area contributed by atoms with Gasteiger partial charge in [-0.2, -0.15) is 0 Å². The van der Waals surface area contributed by atoms with E-state index in [2.05, 4.69) is 466 Å². The Morgan fingerprint density at radius 3 is 1.02 bits per heavy atom. The molecule has 1 heteroatoms. The molecular formula is C125H156O. The Balaban J connectivity index is 0.000000147. The fraction of sp³-hybridized carbons (Fsp3) is 0.408. The molecule has 1 nitrogen and oxygen atoms in total. The van der Waals surface area contributed by atoms with Crippen LogP contribution in [0, 0.1) is 60.8 Å². The van der Waals surface area contributed by atoms with Crippen LogP contribution in [0.15, 0.2) is 231 Å². The predicted octanol–water partition coefficient (Wildman–Crippen LogP) is 37.3. The quantitative estimate of drug-likeness (QED) is 0.151. The van der Waals surface area contributed by atoms with Crippen molar-refractivity contribution in [3.05, 3.63) is 325 Å². The smallest absolute Gasteiger partial charge is 0.127 e. The minimum Gasteiger partial charge on any atom is -0.496 e. The maximum atomic E-state index is 5.67. The fourth-order valence-electron chi connectivity index (χ4n) is 20.6. The Morgan fingerprint density at radius 1 is 0.270 bits per heavy atom. The van der Waals surface area contributed by atoms with Crippen molar-refractivity contribution in [2.24, 2.45) is 5.41 Å². The molecule has 16 rings (SSSR count). The van der Waals surface area contributed by atoms with Crippen LogP contribution in [0.2, 0.25) is 0 Å². The Labute approximate surface area is 763 Å². The van der Waals surface area contributed by atoms with Gasteiger partial charge in [0.25, 0.3) is 0 Å². The van der Waals surface area contributed by atoms with Crippen molar-refractivity contribution in [3.63, 3.8) is 0 Å². The van der Waals surface area contributed by atoms with Gasteiger partial charge in [0.15, 0.2) is 0 Å². The van der Waals surface area contributed by atoms with E-state index in [1.165, 1.54) is 225 Å². The number of ether oxygens (including phenoxy) is 1. The zero-order valence-electron chi connectivity index (χ0n) is 84.7. The van der Waals surface area contributed by atoms with Crippen LogP contribution < -0.4 is 4.74 Å². The van der Waals surface area contributed by atoms with Gasteiger partial charge < -0.3 is 4.74 Å². The first-order valence-electron chi connectivity index (χ1n) is 47.4. The molecule has 0 atom stereocenters. The number of methoxy groups -OCH3 is 1. The molecule has 15 aromatic carbocycles. The van der Waals surface area contributed by atoms with Gasteiger partial charge >= 0.3 is 0 Å². The molecule has 0 N–H and O–H groups in total. The Kier molecular flexibility index (Phi) is 28.8. The van der Waals surface area contributed by atoms with Gasteiger partial charge in [-0.15, -0.1) is 0 Å². The van der Waals surface area contributed by atoms with E-state index in [0.29, 0.717) is 5.41 Å². The van der Waals surface area contributed by atoms with E-state index >= 15 is 0 Å². The highest BCUT2D eigenvalue weighted by atomic mass is 16.5. The van der Waals surface area contributed by atoms with Gasteiger partial charge in [0.2, 0.25) is 0 Å². The molecule has 0 saturated heterocycles. The highest BCUT2D eigenvalue weighted by Crippen LogP contribution is 2.49. The summed E-state index contributed by atoms with van der Waals surface area (Å²) in [5.74, 6) is 1.70. The van der Waals surface area contributed by atoms with E-state index in [9.17, 15) is 0 Å². The van der Waals surface area contributed by atoms with E-state index in [-0.39, 0.29) is 43.3 Å². The Hall–Kier alpha value is -9.82. The Bertz CT molecular complexity index is 6410. The third-order valence-electron chi connectivity index (χ3n) is 28.3. The van der Waals surface area contributed by atoms with Gasteiger partial charge in [0.1, 0.15) is 5.75 Å². The van der Waals surface area contributed by atoms with Crippen molar-refractivity contribution >= 4 is 86.2 Å². The van der Waals surface area contributed by atoms with Gasteiger partial charge in [-0.25, -0.2) is 0 Å². The second kappa shape index (κ2) is 37.5. The standard InChI is InChI=1S/C23H28.C23H26.C23H32.C21H30.C20H22O.C15H18/c1-15-18-12-16-10-8-9-11-17(16)13-19(18)21(23(5,6)7)14-20(15)22(2,3)4;1-15-10-9-11-16(2)22(15)20-14-21(23(4,5)6)17(3)18-12-7-8-13-19(18)20;1-16-18-9-7-8-10-19(18)20(15-21(16)22(2,3)4)17-11-13-23(5,6)14-12-17;1-8-21(7,9-2)19-14-18(20(4,5)6)15(3)16-12-10-11-13-17(16)19;1-13-16-10-14-8-6-7-9-15(14)11-17(16)19(21-5)12-18(13)20(2,3)4;1-11-13-8-6-5-7-12(13)9-10-14(11)15(2,3)4/h8-14H,1-7H3;7-14H,1-6H3;7-10,15,17H,11-14H2,1-6H3;10-14H,8-9H2,1-7H3;6-12H,1-5H3;5-10H,1-4H3. The maximum Gasteiger partial charge on any atom is 0.127 e. The van der Waals surface area contributed by atoms with Crippen molar-refractivity contribution in [3.8, 4) is 16.9 Å². The first-order chi connectivity index (χ1) is 58.7. The molecule has 0 unspecified atom stereocenters. The lowest BCUT2D eigenvalue weighted by molar-refractivity contribution is 0.225. The van der Waals surface area contributed by atoms with Crippen molar-refractivity contribution in [2.75, 3.05) is 7.11 Å². The summed E-state index contributed by atoms with van der Waals surface area (Å²) in [4.78, 5) is 0. The topological polar surface area (TPSA) is 9.23 Å². The van der Waals surface area contributed by atoms with Crippen LogP contribution >= 0.6 is 0 Å². The van der Waals surface area contributed by atoms with E-state index in [1.807, 2.05) is 0 Å². The fourth-order valence-corrected chi connectivity index (χ4v) is 20.6.